The van der Waals surface area contributed by atoms with E-state index in [1.807, 2.05) is 0 Å². The zero-order chi connectivity index (χ0) is 45.8. The number of aliphatic hydroxyl groups is 2. The maximum atomic E-state index is 14.8. The van der Waals surface area contributed by atoms with Crippen molar-refractivity contribution in [2.45, 2.75) is 119 Å². The van der Waals surface area contributed by atoms with Crippen molar-refractivity contribution >= 4 is 51.0 Å². The first-order valence-electron chi connectivity index (χ1n) is 20.4. The van der Waals surface area contributed by atoms with Gasteiger partial charge in [0.25, 0.3) is 11.7 Å². The zero-order valence-electron chi connectivity index (χ0n) is 37.4. The average Bonchev–Trinajstić information content (AvgIpc) is 3.60. The van der Waals surface area contributed by atoms with Crippen molar-refractivity contribution in [2.24, 2.45) is 30.7 Å². The Bertz CT molecular complexity index is 2370. The van der Waals surface area contributed by atoms with Crippen molar-refractivity contribution in [3.63, 3.8) is 0 Å². The molecule has 0 spiro atoms. The number of allylic oxidation sites excluding steroid dienone is 2. The molecule has 4 bridgehead atoms. The fourth-order valence-electron chi connectivity index (χ4n) is 8.40. The molecule has 3 aromatic rings. The van der Waals surface area contributed by atoms with E-state index in [0.29, 0.717) is 5.69 Å². The zero-order valence-corrected chi connectivity index (χ0v) is 37.4. The van der Waals surface area contributed by atoms with Gasteiger partial charge in [-0.1, -0.05) is 45.9 Å². The Kier molecular flexibility index (Phi) is 13.1. The number of aromatic nitrogens is 1. The van der Waals surface area contributed by atoms with Crippen LogP contribution in [0.3, 0.4) is 0 Å². The van der Waals surface area contributed by atoms with Gasteiger partial charge >= 0.3 is 17.7 Å². The average molecular weight is 849 g/mol. The van der Waals surface area contributed by atoms with Crippen LogP contribution in [0.1, 0.15) is 101 Å². The quantitative estimate of drug-likeness (QED) is 0.136. The lowest BCUT2D eigenvalue weighted by Crippen LogP contribution is -2.46. The lowest BCUT2D eigenvalue weighted by molar-refractivity contribution is -0.160. The molecule has 2 aromatic carbocycles. The number of esters is 2. The Morgan fingerprint density at radius 1 is 0.918 bits per heavy atom. The summed E-state index contributed by atoms with van der Waals surface area (Å²) >= 11 is 0. The summed E-state index contributed by atoms with van der Waals surface area (Å²) in [5.74, 6) is -8.35. The Balaban J connectivity index is 1.82. The van der Waals surface area contributed by atoms with Crippen molar-refractivity contribution in [1.29, 1.82) is 0 Å². The molecule has 15 heteroatoms. The number of phenolic OH excluding ortho intramolecular Hbond substituents is 2. The number of nitrogens with zero attached hydrogens (tertiary/aromatic N) is 1. The van der Waals surface area contributed by atoms with Crippen LogP contribution in [0.15, 0.2) is 36.1 Å². The number of rotatable bonds is 3. The molecule has 0 saturated carbocycles. The molecule has 5 rings (SSSR count). The molecule has 3 heterocycles. The minimum absolute atomic E-state index is 0.00485. The van der Waals surface area contributed by atoms with E-state index in [9.17, 15) is 39.6 Å². The number of hydrogen-bond acceptors (Lipinski definition) is 13. The smallest absolute Gasteiger partial charge is 0.341 e. The lowest BCUT2D eigenvalue weighted by Gasteiger charge is -2.38. The minimum Gasteiger partial charge on any atom is -0.507 e. The van der Waals surface area contributed by atoms with Gasteiger partial charge < -0.3 is 54.0 Å². The Hall–Kier alpha value is -5.38. The predicted octanol–water partition coefficient (Wildman–Crippen LogP) is 6.80. The molecule has 61 heavy (non-hydrogen) atoms. The molecule has 2 aliphatic rings. The number of benzene rings is 2. The van der Waals surface area contributed by atoms with Crippen LogP contribution in [0.5, 0.6) is 17.2 Å². The van der Waals surface area contributed by atoms with Crippen molar-refractivity contribution in [3.05, 3.63) is 58.5 Å². The SMILES string of the molecule is COC1/C=C/OC2(C)Oc3c(C)c(O)c4c(O)c(c5c(C(=O)OC(C)(C)C)c(C)n(C)c5c4c3C2=O)NC(=O)C(C)=C/C=C\C(C)C(O)C(C)C(O)C(C)C(OC(C)=O)C1C. The van der Waals surface area contributed by atoms with E-state index in [1.54, 1.807) is 79.2 Å². The highest BCUT2D eigenvalue weighted by atomic mass is 16.7. The first kappa shape index (κ1) is 46.7. The molecule has 15 nitrogen and oxygen atoms in total. The highest BCUT2D eigenvalue weighted by Crippen LogP contribution is 2.55. The molecule has 9 atom stereocenters. The number of aryl methyl sites for hydroxylation is 1. The van der Waals surface area contributed by atoms with Crippen molar-refractivity contribution in [2.75, 3.05) is 12.4 Å². The Labute approximate surface area is 355 Å². The second-order valence-electron chi connectivity index (χ2n) is 17.6. The third-order valence-electron chi connectivity index (χ3n) is 12.0. The van der Waals surface area contributed by atoms with E-state index in [2.05, 4.69) is 5.32 Å². The molecule has 332 valence electrons. The number of phenols is 2. The molecule has 1 amide bonds. The number of fused-ring (bicyclic) bond motifs is 1. The number of methoxy groups -OCH3 is 1. The molecule has 9 unspecified atom stereocenters. The summed E-state index contributed by atoms with van der Waals surface area (Å²) in [4.78, 5) is 55.2. The molecular weight excluding hydrogens is 789 g/mol. The maximum absolute atomic E-state index is 14.8. The third kappa shape index (κ3) is 8.47. The Morgan fingerprint density at radius 2 is 1.56 bits per heavy atom. The van der Waals surface area contributed by atoms with Crippen molar-refractivity contribution in [1.82, 2.24) is 4.57 Å². The van der Waals surface area contributed by atoms with Gasteiger partial charge in [0.15, 0.2) is 5.75 Å². The standard InChI is InChI=1S/C46H60N2O13/c1-20-16-15-17-21(2)43(55)47-34-31-29(44(56)61-45(9,10)11)26(7)48(13)35(31)30-32(39(34)53)38(52)25(6)41-33(30)42(54)46(12,60-41)58-19-18-28(57-14)22(3)40(59-27(8)49)24(5)37(51)23(4)36(20)50/h15-20,22-24,28,36-37,40,50-53H,1-14H3,(H,47,55)/b16-15-,19-18+,21-17?. The first-order valence-corrected chi connectivity index (χ1v) is 20.4. The van der Waals surface area contributed by atoms with E-state index in [4.69, 9.17) is 23.7 Å². The van der Waals surface area contributed by atoms with Gasteiger partial charge in [-0.2, -0.15) is 0 Å². The Morgan fingerprint density at radius 3 is 2.15 bits per heavy atom. The molecule has 5 N–H and O–H groups in total. The number of amides is 1. The van der Waals surface area contributed by atoms with Crippen LogP contribution in [0, 0.1) is 37.5 Å². The molecule has 0 saturated heterocycles. The van der Waals surface area contributed by atoms with Crippen LogP contribution in [0.25, 0.3) is 21.7 Å². The monoisotopic (exact) mass is 848 g/mol. The van der Waals surface area contributed by atoms with Crippen LogP contribution in [-0.4, -0.2) is 91.5 Å². The summed E-state index contributed by atoms with van der Waals surface area (Å²) in [6.45, 7) is 19.4. The summed E-state index contributed by atoms with van der Waals surface area (Å²) in [5, 5.41) is 49.7. The summed E-state index contributed by atoms with van der Waals surface area (Å²) in [6.07, 6.45) is 3.58. The van der Waals surface area contributed by atoms with Gasteiger partial charge in [0.2, 0.25) is 0 Å². The van der Waals surface area contributed by atoms with Gasteiger partial charge in [0.05, 0.1) is 52.3 Å². The first-order chi connectivity index (χ1) is 28.3. The second kappa shape index (κ2) is 17.2. The summed E-state index contributed by atoms with van der Waals surface area (Å²) < 4.78 is 31.3. The van der Waals surface area contributed by atoms with Crippen molar-refractivity contribution < 1.29 is 63.3 Å². The molecule has 2 aliphatic heterocycles. The molecule has 0 radical (unpaired) electrons. The highest BCUT2D eigenvalue weighted by molar-refractivity contribution is 6.31. The number of aliphatic hydroxyl groups excluding tert-OH is 2. The number of ether oxygens (including phenoxy) is 5. The minimum atomic E-state index is -2.03. The predicted molar refractivity (Wildman–Crippen MR) is 229 cm³/mol. The molecule has 1 aromatic heterocycles. The molecular formula is C46H60N2O13. The largest absolute Gasteiger partial charge is 0.507 e. The highest BCUT2D eigenvalue weighted by Gasteiger charge is 2.50. The molecule has 0 aliphatic carbocycles. The van der Waals surface area contributed by atoms with E-state index >= 15 is 0 Å². The van der Waals surface area contributed by atoms with Gasteiger partial charge in [0.1, 0.15) is 23.2 Å². The molecule has 0 fully saturated rings. The van der Waals surface area contributed by atoms with E-state index in [0.717, 1.165) is 0 Å². The van der Waals surface area contributed by atoms with Crippen LogP contribution in [0.4, 0.5) is 5.69 Å². The number of anilines is 1. The normalized spacial score (nSPS) is 28.9. The number of aromatic hydroxyl groups is 2. The number of hydrogen-bond donors (Lipinski definition) is 5. The second-order valence-corrected chi connectivity index (χ2v) is 17.6. The number of ketones is 1. The van der Waals surface area contributed by atoms with Crippen LogP contribution in [0.2, 0.25) is 0 Å². The summed E-state index contributed by atoms with van der Waals surface area (Å²) in [6, 6.07) is 0. The fraction of sp³-hybridized carbons (Fsp3) is 0.522. The summed E-state index contributed by atoms with van der Waals surface area (Å²) in [5.41, 5.74) is -0.360. The topological polar surface area (TPSA) is 212 Å². The maximum Gasteiger partial charge on any atom is 0.341 e. The van der Waals surface area contributed by atoms with E-state index < -0.39 is 94.6 Å². The van der Waals surface area contributed by atoms with Gasteiger partial charge in [-0.05, 0) is 47.6 Å². The third-order valence-corrected chi connectivity index (χ3v) is 12.0. The van der Waals surface area contributed by atoms with E-state index in [-0.39, 0.29) is 55.4 Å². The number of nitrogens with one attached hydrogen (secondary N) is 1. The number of carbonyl (C=O) groups is 4. The van der Waals surface area contributed by atoms with Gasteiger partial charge in [-0.15, -0.1) is 0 Å². The fourth-order valence-corrected chi connectivity index (χ4v) is 8.40. The van der Waals surface area contributed by atoms with Gasteiger partial charge in [0, 0.05) is 79.3 Å². The van der Waals surface area contributed by atoms with Gasteiger partial charge in [-0.25, -0.2) is 4.79 Å². The van der Waals surface area contributed by atoms with E-state index in [1.165, 1.54) is 53.2 Å². The van der Waals surface area contributed by atoms with Crippen LogP contribution < -0.4 is 10.1 Å². The van der Waals surface area contributed by atoms with Crippen LogP contribution in [-0.2, 0) is 35.6 Å². The van der Waals surface area contributed by atoms with Crippen molar-refractivity contribution in [3.8, 4) is 17.2 Å². The van der Waals surface area contributed by atoms with Crippen LogP contribution >= 0.6 is 0 Å². The number of carbonyl (C=O) groups excluding carboxylic acids is 4. The summed E-state index contributed by atoms with van der Waals surface area (Å²) in [7, 11) is 3.09. The van der Waals surface area contributed by atoms with Gasteiger partial charge in [-0.3, -0.25) is 14.4 Å². The lowest BCUT2D eigenvalue weighted by atomic mass is 9.78. The number of Topliss-reactive ketones (excluding diaryl/α,β-unsaturated/α-hetero) is 1.